The Kier molecular flexibility index (Phi) is 4.55. The molecule has 1 amide bonds. The topological polar surface area (TPSA) is 132 Å². The molecule has 172 valence electrons. The average Bonchev–Trinajstić information content (AvgIpc) is 3.26. The van der Waals surface area contributed by atoms with Crippen molar-refractivity contribution in [2.24, 2.45) is 5.92 Å². The molecule has 1 aromatic carbocycles. The number of aromatic nitrogens is 9. The van der Waals surface area contributed by atoms with Gasteiger partial charge in [-0.1, -0.05) is 11.6 Å². The molecule has 0 bridgehead atoms. The van der Waals surface area contributed by atoms with Gasteiger partial charge in [0.1, 0.15) is 18.0 Å². The number of benzene rings is 1. The van der Waals surface area contributed by atoms with Crippen LogP contribution in [0.4, 0.5) is 14.6 Å². The predicted octanol–water partition coefficient (Wildman–Crippen LogP) is 2.96. The summed E-state index contributed by atoms with van der Waals surface area (Å²) in [6.07, 6.45) is 6.56. The molecule has 0 spiro atoms. The maximum Gasteiger partial charge on any atom is 0.231 e. The van der Waals surface area contributed by atoms with Crippen LogP contribution in [0.5, 0.6) is 0 Å². The lowest BCUT2D eigenvalue weighted by Crippen LogP contribution is -2.15. The SMILES string of the molecule is CC(c1c(F)c(Cl)c(-c2cn3cc(NC(=O)C4CC4F)nc3cn2)c2cn[nH]c12)n1ncnn1. The molecule has 11 nitrogen and oxygen atoms in total. The van der Waals surface area contributed by atoms with Crippen LogP contribution in [0.2, 0.25) is 5.02 Å². The number of hydrogen-bond donors (Lipinski definition) is 2. The molecule has 0 saturated heterocycles. The number of carbonyl (C=O) groups excluding carboxylic acids is 1. The first-order valence-electron chi connectivity index (χ1n) is 10.3. The van der Waals surface area contributed by atoms with E-state index in [0.717, 1.165) is 0 Å². The number of H-pyrrole nitrogens is 1. The van der Waals surface area contributed by atoms with Crippen LogP contribution in [0.3, 0.4) is 0 Å². The van der Waals surface area contributed by atoms with E-state index in [1.807, 2.05) is 0 Å². The third-order valence-corrected chi connectivity index (χ3v) is 6.21. The van der Waals surface area contributed by atoms with Crippen LogP contribution in [0.25, 0.3) is 27.8 Å². The lowest BCUT2D eigenvalue weighted by atomic mass is 9.99. The van der Waals surface area contributed by atoms with E-state index in [1.165, 1.54) is 23.5 Å². The molecule has 2 N–H and O–H groups in total. The minimum Gasteiger partial charge on any atom is -0.309 e. The van der Waals surface area contributed by atoms with Crippen molar-refractivity contribution in [2.75, 3.05) is 5.32 Å². The van der Waals surface area contributed by atoms with E-state index >= 15 is 4.39 Å². The number of nitrogens with zero attached hydrogens (tertiary/aromatic N) is 8. The van der Waals surface area contributed by atoms with Gasteiger partial charge in [0, 0.05) is 22.7 Å². The second kappa shape index (κ2) is 7.52. The number of fused-ring (bicyclic) bond motifs is 2. The molecule has 3 unspecified atom stereocenters. The van der Waals surface area contributed by atoms with E-state index in [4.69, 9.17) is 11.6 Å². The number of aromatic amines is 1. The number of anilines is 1. The smallest absolute Gasteiger partial charge is 0.231 e. The summed E-state index contributed by atoms with van der Waals surface area (Å²) in [6.45, 7) is 1.72. The van der Waals surface area contributed by atoms with Crippen LogP contribution in [-0.2, 0) is 4.79 Å². The number of nitrogens with one attached hydrogen (secondary N) is 2. The summed E-state index contributed by atoms with van der Waals surface area (Å²) in [6, 6.07) is -0.609. The molecule has 0 radical (unpaired) electrons. The number of amides is 1. The Balaban J connectivity index is 1.43. The average molecular weight is 485 g/mol. The Labute approximate surface area is 194 Å². The number of tetrazole rings is 1. The van der Waals surface area contributed by atoms with Crippen LogP contribution < -0.4 is 5.32 Å². The van der Waals surface area contributed by atoms with E-state index in [1.54, 1.807) is 23.7 Å². The largest absolute Gasteiger partial charge is 0.309 e. The van der Waals surface area contributed by atoms with Crippen LogP contribution >= 0.6 is 11.6 Å². The molecule has 4 aromatic heterocycles. The van der Waals surface area contributed by atoms with Gasteiger partial charge in [0.15, 0.2) is 17.8 Å². The van der Waals surface area contributed by atoms with Crippen molar-refractivity contribution < 1.29 is 13.6 Å². The van der Waals surface area contributed by atoms with Gasteiger partial charge in [0.2, 0.25) is 5.91 Å². The molecule has 1 saturated carbocycles. The Hall–Kier alpha value is -4.00. The summed E-state index contributed by atoms with van der Waals surface area (Å²) in [4.78, 5) is 22.0. The third kappa shape index (κ3) is 3.19. The summed E-state index contributed by atoms with van der Waals surface area (Å²) < 4.78 is 30.3. The molecule has 1 fully saturated rings. The summed E-state index contributed by atoms with van der Waals surface area (Å²) in [5.74, 6) is -1.45. The quantitative estimate of drug-likeness (QED) is 0.392. The lowest BCUT2D eigenvalue weighted by molar-refractivity contribution is -0.117. The summed E-state index contributed by atoms with van der Waals surface area (Å²) in [7, 11) is 0. The van der Waals surface area contributed by atoms with Gasteiger partial charge in [-0.15, -0.1) is 10.2 Å². The van der Waals surface area contributed by atoms with Crippen molar-refractivity contribution in [3.63, 3.8) is 0 Å². The van der Waals surface area contributed by atoms with Gasteiger partial charge in [-0.2, -0.15) is 9.90 Å². The molecule has 6 rings (SSSR count). The van der Waals surface area contributed by atoms with Crippen LogP contribution in [0, 0.1) is 11.7 Å². The Morgan fingerprint density at radius 1 is 1.35 bits per heavy atom. The minimum absolute atomic E-state index is 0.140. The second-order valence-electron chi connectivity index (χ2n) is 8.02. The predicted molar refractivity (Wildman–Crippen MR) is 116 cm³/mol. The molecule has 5 aromatic rings. The highest BCUT2D eigenvalue weighted by Crippen LogP contribution is 2.41. The molecule has 3 atom stereocenters. The van der Waals surface area contributed by atoms with Gasteiger partial charge in [0.05, 0.1) is 40.7 Å². The number of carbonyl (C=O) groups is 1. The van der Waals surface area contributed by atoms with Gasteiger partial charge < -0.3 is 9.72 Å². The molecule has 1 aliphatic carbocycles. The normalized spacial score (nSPS) is 18.5. The van der Waals surface area contributed by atoms with Crippen LogP contribution in [0.15, 0.2) is 31.1 Å². The van der Waals surface area contributed by atoms with E-state index < -0.39 is 29.9 Å². The first kappa shape index (κ1) is 20.6. The van der Waals surface area contributed by atoms with E-state index in [0.29, 0.717) is 27.8 Å². The van der Waals surface area contributed by atoms with Crippen molar-refractivity contribution in [1.82, 2.24) is 44.8 Å². The van der Waals surface area contributed by atoms with Crippen molar-refractivity contribution in [1.29, 1.82) is 0 Å². The maximum atomic E-state index is 15.6. The first-order valence-corrected chi connectivity index (χ1v) is 10.7. The molecular formula is C20H15ClF2N10O. The second-order valence-corrected chi connectivity index (χ2v) is 8.40. The fourth-order valence-corrected chi connectivity index (χ4v) is 4.29. The van der Waals surface area contributed by atoms with Gasteiger partial charge >= 0.3 is 0 Å². The van der Waals surface area contributed by atoms with Crippen molar-refractivity contribution >= 4 is 39.9 Å². The number of rotatable bonds is 5. The van der Waals surface area contributed by atoms with Gasteiger partial charge in [0.25, 0.3) is 0 Å². The fraction of sp³-hybridized carbons (Fsp3) is 0.250. The van der Waals surface area contributed by atoms with Crippen molar-refractivity contribution in [3.05, 3.63) is 47.5 Å². The Morgan fingerprint density at radius 2 is 2.18 bits per heavy atom. The van der Waals surface area contributed by atoms with Gasteiger partial charge in [-0.3, -0.25) is 14.9 Å². The minimum atomic E-state index is -1.11. The maximum absolute atomic E-state index is 15.6. The highest BCUT2D eigenvalue weighted by Gasteiger charge is 2.43. The van der Waals surface area contributed by atoms with Crippen molar-refractivity contribution in [3.8, 4) is 11.3 Å². The van der Waals surface area contributed by atoms with E-state index in [9.17, 15) is 9.18 Å². The molecule has 14 heteroatoms. The van der Waals surface area contributed by atoms with E-state index in [-0.39, 0.29) is 22.8 Å². The monoisotopic (exact) mass is 484 g/mol. The molecule has 1 aliphatic rings. The summed E-state index contributed by atoms with van der Waals surface area (Å²) >= 11 is 6.52. The number of hydrogen-bond acceptors (Lipinski definition) is 7. The number of halogens is 3. The van der Waals surface area contributed by atoms with Gasteiger partial charge in [-0.25, -0.2) is 13.8 Å². The molecule has 4 heterocycles. The number of imidazole rings is 1. The molecular weight excluding hydrogens is 470 g/mol. The van der Waals surface area contributed by atoms with Gasteiger partial charge in [-0.05, 0) is 18.6 Å². The Morgan fingerprint density at radius 3 is 2.91 bits per heavy atom. The van der Waals surface area contributed by atoms with Crippen LogP contribution in [-0.4, -0.2) is 56.9 Å². The van der Waals surface area contributed by atoms with E-state index in [2.05, 4.69) is 40.9 Å². The zero-order valence-electron chi connectivity index (χ0n) is 17.4. The third-order valence-electron chi connectivity index (χ3n) is 5.85. The number of alkyl halides is 1. The zero-order valence-corrected chi connectivity index (χ0v) is 18.2. The lowest BCUT2D eigenvalue weighted by Gasteiger charge is -2.16. The molecule has 34 heavy (non-hydrogen) atoms. The Bertz CT molecular complexity index is 1560. The standard InChI is InChI=1S/C20H15ClF2N10O/c1-8(33-27-7-26-31-33)15-18(23)17(21)16(10-3-25-30-19(10)15)12-5-32-6-13(28-14(32)4-24-12)29-20(34)9-2-11(9)22/h3-9,11H,2H2,1H3,(H,25,30)(H,29,34). The zero-order chi connectivity index (χ0) is 23.6. The highest BCUT2D eigenvalue weighted by molar-refractivity contribution is 6.35. The molecule has 0 aliphatic heterocycles. The fourth-order valence-electron chi connectivity index (χ4n) is 3.99. The first-order chi connectivity index (χ1) is 16.4. The van der Waals surface area contributed by atoms with Crippen LogP contribution in [0.1, 0.15) is 24.9 Å². The van der Waals surface area contributed by atoms with Crippen molar-refractivity contribution in [2.45, 2.75) is 25.6 Å². The highest BCUT2D eigenvalue weighted by atomic mass is 35.5. The summed E-state index contributed by atoms with van der Waals surface area (Å²) in [5, 5.41) is 21.4. The summed E-state index contributed by atoms with van der Waals surface area (Å²) in [5.41, 5.74) is 1.80.